The Morgan fingerprint density at radius 2 is 1.81 bits per heavy atom. The van der Waals surface area contributed by atoms with Gasteiger partial charge in [0.2, 0.25) is 5.95 Å². The molecule has 1 unspecified atom stereocenters. The first kappa shape index (κ1) is 25.7. The van der Waals surface area contributed by atoms with Gasteiger partial charge in [-0.1, -0.05) is 18.6 Å². The molecular formula is C30H39N5O2. The van der Waals surface area contributed by atoms with Gasteiger partial charge in [-0.3, -0.25) is 4.90 Å². The van der Waals surface area contributed by atoms with Gasteiger partial charge in [0, 0.05) is 61.0 Å². The molecule has 2 fully saturated rings. The molecular weight excluding hydrogens is 462 g/mol. The smallest absolute Gasteiger partial charge is 0.226 e. The zero-order chi connectivity index (χ0) is 25.5. The molecule has 7 nitrogen and oxygen atoms in total. The van der Waals surface area contributed by atoms with Crippen molar-refractivity contribution in [2.24, 2.45) is 5.92 Å². The van der Waals surface area contributed by atoms with E-state index >= 15 is 0 Å². The highest BCUT2D eigenvalue weighted by Gasteiger charge is 2.22. The lowest BCUT2D eigenvalue weighted by Gasteiger charge is -2.28. The van der Waals surface area contributed by atoms with Gasteiger partial charge in [-0.25, -0.2) is 9.97 Å². The van der Waals surface area contributed by atoms with Crippen LogP contribution in [0.2, 0.25) is 0 Å². The second-order valence-corrected chi connectivity index (χ2v) is 10.2. The van der Waals surface area contributed by atoms with E-state index in [4.69, 9.17) is 25.9 Å². The Morgan fingerprint density at radius 3 is 2.59 bits per heavy atom. The number of terminal acetylenes is 1. The van der Waals surface area contributed by atoms with Gasteiger partial charge in [0.1, 0.15) is 0 Å². The molecule has 1 aromatic carbocycles. The van der Waals surface area contributed by atoms with Crippen LogP contribution in [0.3, 0.4) is 0 Å². The number of nitrogens with zero attached hydrogens (tertiary/aromatic N) is 4. The summed E-state index contributed by atoms with van der Waals surface area (Å²) >= 11 is 0. The van der Waals surface area contributed by atoms with Gasteiger partial charge < -0.3 is 19.4 Å². The lowest BCUT2D eigenvalue weighted by Crippen LogP contribution is -2.37. The third-order valence-electron chi connectivity index (χ3n) is 7.71. The van der Waals surface area contributed by atoms with Crippen molar-refractivity contribution in [1.82, 2.24) is 19.9 Å². The van der Waals surface area contributed by atoms with E-state index in [1.807, 2.05) is 6.20 Å². The molecule has 0 bridgehead atoms. The van der Waals surface area contributed by atoms with Crippen molar-refractivity contribution in [3.8, 4) is 23.6 Å². The van der Waals surface area contributed by atoms with Crippen molar-refractivity contribution in [2.75, 3.05) is 64.1 Å². The third kappa shape index (κ3) is 6.32. The first-order valence-corrected chi connectivity index (χ1v) is 13.7. The van der Waals surface area contributed by atoms with Gasteiger partial charge in [0.05, 0.1) is 32.1 Å². The van der Waals surface area contributed by atoms with E-state index in [1.165, 1.54) is 18.2 Å². The van der Waals surface area contributed by atoms with Crippen LogP contribution in [-0.2, 0) is 15.9 Å². The molecule has 196 valence electrons. The van der Waals surface area contributed by atoms with Crippen LogP contribution in [0.1, 0.15) is 36.9 Å². The van der Waals surface area contributed by atoms with Crippen LogP contribution >= 0.6 is 0 Å². The molecule has 0 spiro atoms. The number of H-pyrrole nitrogens is 1. The first-order chi connectivity index (χ1) is 18.2. The first-order valence-electron chi connectivity index (χ1n) is 13.7. The largest absolute Gasteiger partial charge is 0.379 e. The maximum Gasteiger partial charge on any atom is 0.226 e. The van der Waals surface area contributed by atoms with E-state index < -0.39 is 0 Å². The van der Waals surface area contributed by atoms with E-state index in [0.29, 0.717) is 19.1 Å². The number of fused-ring (bicyclic) bond motifs is 1. The molecule has 4 heterocycles. The molecule has 2 aliphatic heterocycles. The number of hydrogen-bond acceptors (Lipinski definition) is 6. The summed E-state index contributed by atoms with van der Waals surface area (Å²) in [5.74, 6) is 4.16. The monoisotopic (exact) mass is 501 g/mol. The minimum atomic E-state index is 0.414. The Balaban J connectivity index is 1.38. The molecule has 1 atom stereocenters. The fourth-order valence-electron chi connectivity index (χ4n) is 5.52. The van der Waals surface area contributed by atoms with Crippen molar-refractivity contribution in [1.29, 1.82) is 0 Å². The molecule has 1 N–H and O–H groups in total. The molecule has 0 amide bonds. The highest BCUT2D eigenvalue weighted by Crippen LogP contribution is 2.33. The summed E-state index contributed by atoms with van der Waals surface area (Å²) in [6, 6.07) is 8.51. The molecule has 0 aliphatic carbocycles. The van der Waals surface area contributed by atoms with Crippen LogP contribution in [0.15, 0.2) is 30.5 Å². The predicted molar refractivity (Wildman–Crippen MR) is 149 cm³/mol. The molecule has 3 aromatic rings. The molecule has 2 aromatic heterocycles. The minimum absolute atomic E-state index is 0.414. The van der Waals surface area contributed by atoms with E-state index in [1.54, 1.807) is 0 Å². The minimum Gasteiger partial charge on any atom is -0.379 e. The van der Waals surface area contributed by atoms with Gasteiger partial charge in [0.15, 0.2) is 0 Å². The summed E-state index contributed by atoms with van der Waals surface area (Å²) in [4.78, 5) is 18.4. The van der Waals surface area contributed by atoms with E-state index in [2.05, 4.69) is 51.9 Å². The van der Waals surface area contributed by atoms with Crippen molar-refractivity contribution in [3.63, 3.8) is 0 Å². The highest BCUT2D eigenvalue weighted by molar-refractivity contribution is 5.95. The number of nitrogens with one attached hydrogen (secondary N) is 1. The number of unbranched alkanes of at least 4 members (excludes halogenated alkanes) is 1. The number of aromatic amines is 1. The standard InChI is InChI=1S/C30H39N5O2/c1-3-7-24(8-4-5-13-34-14-18-36-19-15-34)22-28-23(2)29(26-9-6-10-27-25(26)11-12-31-27)33-30(32-28)35-16-20-37-21-17-35/h1,6,9-12,24,31H,4-5,7-8,13-22H2,2H3. The summed E-state index contributed by atoms with van der Waals surface area (Å²) in [7, 11) is 0. The normalized spacial score (nSPS) is 17.7. The van der Waals surface area contributed by atoms with Crippen LogP contribution in [0.25, 0.3) is 22.2 Å². The van der Waals surface area contributed by atoms with Gasteiger partial charge in [0.25, 0.3) is 0 Å². The van der Waals surface area contributed by atoms with Crippen molar-refractivity contribution in [3.05, 3.63) is 41.7 Å². The Labute approximate surface area is 220 Å². The van der Waals surface area contributed by atoms with E-state index in [0.717, 1.165) is 99.2 Å². The average molecular weight is 502 g/mol. The maximum absolute atomic E-state index is 5.83. The van der Waals surface area contributed by atoms with Crippen LogP contribution < -0.4 is 4.90 Å². The van der Waals surface area contributed by atoms with Crippen LogP contribution in [0, 0.1) is 25.2 Å². The average Bonchev–Trinajstić information content (AvgIpc) is 3.43. The molecule has 2 saturated heterocycles. The molecule has 0 radical (unpaired) electrons. The number of ether oxygens (including phenoxy) is 2. The van der Waals surface area contributed by atoms with E-state index in [9.17, 15) is 0 Å². The van der Waals surface area contributed by atoms with Gasteiger partial charge in [-0.2, -0.15) is 0 Å². The third-order valence-corrected chi connectivity index (χ3v) is 7.71. The summed E-state index contributed by atoms with van der Waals surface area (Å²) in [6.07, 6.45) is 13.0. The Hall–Kier alpha value is -2.92. The number of rotatable bonds is 10. The lowest BCUT2D eigenvalue weighted by atomic mass is 9.91. The molecule has 7 heteroatoms. The lowest BCUT2D eigenvalue weighted by molar-refractivity contribution is 0.0370. The van der Waals surface area contributed by atoms with Gasteiger partial charge in [-0.05, 0) is 56.3 Å². The summed E-state index contributed by atoms with van der Waals surface area (Å²) in [6.45, 7) is 10.2. The number of anilines is 1. The van der Waals surface area contributed by atoms with Crippen molar-refractivity contribution in [2.45, 2.75) is 39.0 Å². The zero-order valence-electron chi connectivity index (χ0n) is 22.0. The quantitative estimate of drug-likeness (QED) is 0.327. The SMILES string of the molecule is C#CCC(CCCCN1CCOCC1)Cc1nc(N2CCOCC2)nc(-c2cccc3[nH]ccc23)c1C. The molecule has 5 rings (SSSR count). The second kappa shape index (κ2) is 12.6. The predicted octanol–water partition coefficient (Wildman–Crippen LogP) is 4.45. The molecule has 2 aliphatic rings. The summed E-state index contributed by atoms with van der Waals surface area (Å²) in [5.41, 5.74) is 5.56. The topological polar surface area (TPSA) is 66.5 Å². The molecule has 37 heavy (non-hydrogen) atoms. The Bertz CT molecular complexity index is 1200. The number of hydrogen-bond donors (Lipinski definition) is 1. The Morgan fingerprint density at radius 1 is 1.03 bits per heavy atom. The highest BCUT2D eigenvalue weighted by atomic mass is 16.5. The van der Waals surface area contributed by atoms with Gasteiger partial charge >= 0.3 is 0 Å². The van der Waals surface area contributed by atoms with Crippen LogP contribution in [0.4, 0.5) is 5.95 Å². The Kier molecular flexibility index (Phi) is 8.72. The molecule has 0 saturated carbocycles. The van der Waals surface area contributed by atoms with Crippen LogP contribution in [-0.4, -0.2) is 79.0 Å². The summed E-state index contributed by atoms with van der Waals surface area (Å²) in [5, 5.41) is 1.19. The van der Waals surface area contributed by atoms with Crippen LogP contribution in [0.5, 0.6) is 0 Å². The number of benzene rings is 1. The zero-order valence-corrected chi connectivity index (χ0v) is 22.0. The van der Waals surface area contributed by atoms with Gasteiger partial charge in [-0.15, -0.1) is 12.3 Å². The fraction of sp³-hybridized carbons (Fsp3) is 0.533. The van der Waals surface area contributed by atoms with E-state index in [-0.39, 0.29) is 0 Å². The van der Waals surface area contributed by atoms with Crippen molar-refractivity contribution < 1.29 is 9.47 Å². The number of aromatic nitrogens is 3. The maximum atomic E-state index is 5.83. The fourth-order valence-corrected chi connectivity index (χ4v) is 5.52. The number of morpholine rings is 2. The second-order valence-electron chi connectivity index (χ2n) is 10.2. The summed E-state index contributed by atoms with van der Waals surface area (Å²) < 4.78 is 11.1. The van der Waals surface area contributed by atoms with Crippen molar-refractivity contribution >= 4 is 16.9 Å².